The first-order valence-corrected chi connectivity index (χ1v) is 8.45. The smallest absolute Gasteiger partial charge is 0.251 e. The Kier molecular flexibility index (Phi) is 4.43. The van der Waals surface area contributed by atoms with Gasteiger partial charge in [0.05, 0.1) is 11.7 Å². The summed E-state index contributed by atoms with van der Waals surface area (Å²) in [5.41, 5.74) is 1.22. The number of carbonyl (C=O) groups excluding carboxylic acids is 2. The second-order valence-corrected chi connectivity index (χ2v) is 6.64. The largest absolute Gasteiger partial charge is 0.464 e. The summed E-state index contributed by atoms with van der Waals surface area (Å²) in [5.74, 6) is 2.06. The van der Waals surface area contributed by atoms with Gasteiger partial charge in [0.2, 0.25) is 5.91 Å². The van der Waals surface area contributed by atoms with Crippen molar-refractivity contribution in [3.05, 3.63) is 47.4 Å². The molecule has 0 spiro atoms. The molecule has 2 N–H and O–H groups in total. The summed E-state index contributed by atoms with van der Waals surface area (Å²) >= 11 is 1.62. The van der Waals surface area contributed by atoms with E-state index in [1.807, 2.05) is 32.0 Å². The molecule has 0 radical (unpaired) electrons. The minimum atomic E-state index is -0.223. The van der Waals surface area contributed by atoms with E-state index in [-0.39, 0.29) is 17.9 Å². The van der Waals surface area contributed by atoms with Gasteiger partial charge in [-0.15, -0.1) is 11.8 Å². The number of aryl methyl sites for hydroxylation is 1. The van der Waals surface area contributed by atoms with Crippen molar-refractivity contribution in [3.8, 4) is 0 Å². The predicted octanol–water partition coefficient (Wildman–Crippen LogP) is 3.51. The van der Waals surface area contributed by atoms with Gasteiger partial charge in [-0.3, -0.25) is 9.59 Å². The molecule has 0 unspecified atom stereocenters. The minimum absolute atomic E-state index is 0.0202. The Morgan fingerprint density at radius 2 is 2.17 bits per heavy atom. The first-order valence-electron chi connectivity index (χ1n) is 7.47. The molecule has 1 aliphatic heterocycles. The van der Waals surface area contributed by atoms with E-state index in [0.717, 1.165) is 22.2 Å². The van der Waals surface area contributed by atoms with Crippen LogP contribution in [0, 0.1) is 6.92 Å². The minimum Gasteiger partial charge on any atom is -0.464 e. The highest BCUT2D eigenvalue weighted by molar-refractivity contribution is 7.99. The van der Waals surface area contributed by atoms with Crippen LogP contribution < -0.4 is 10.6 Å². The molecule has 2 aromatic rings. The molecule has 5 nitrogen and oxygen atoms in total. The third-order valence-corrected chi connectivity index (χ3v) is 4.71. The molecule has 0 aliphatic carbocycles. The molecule has 0 saturated carbocycles. The monoisotopic (exact) mass is 330 g/mol. The van der Waals surface area contributed by atoms with Gasteiger partial charge in [0, 0.05) is 22.6 Å². The van der Waals surface area contributed by atoms with Crippen LogP contribution in [0.2, 0.25) is 0 Å². The maximum atomic E-state index is 12.4. The Morgan fingerprint density at radius 1 is 1.35 bits per heavy atom. The summed E-state index contributed by atoms with van der Waals surface area (Å²) in [6, 6.07) is 8.88. The first-order chi connectivity index (χ1) is 11.0. The summed E-state index contributed by atoms with van der Waals surface area (Å²) in [6.07, 6.45) is 0.482. The normalized spacial score (nSPS) is 15.3. The van der Waals surface area contributed by atoms with Crippen LogP contribution in [0.1, 0.15) is 41.3 Å². The van der Waals surface area contributed by atoms with Crippen LogP contribution in [0.25, 0.3) is 0 Å². The van der Waals surface area contributed by atoms with Gasteiger partial charge in [-0.2, -0.15) is 0 Å². The summed E-state index contributed by atoms with van der Waals surface area (Å²) in [4.78, 5) is 25.1. The zero-order valence-corrected chi connectivity index (χ0v) is 13.8. The Morgan fingerprint density at radius 3 is 2.91 bits per heavy atom. The number of carbonyl (C=O) groups is 2. The van der Waals surface area contributed by atoms with Gasteiger partial charge in [-0.25, -0.2) is 0 Å². The third-order valence-electron chi connectivity index (χ3n) is 3.64. The highest BCUT2D eigenvalue weighted by Gasteiger charge is 2.18. The van der Waals surface area contributed by atoms with Crippen LogP contribution in [0.5, 0.6) is 0 Å². The van der Waals surface area contributed by atoms with Gasteiger partial charge < -0.3 is 15.1 Å². The number of nitrogens with one attached hydrogen (secondary N) is 2. The highest BCUT2D eigenvalue weighted by Crippen LogP contribution is 2.31. The maximum Gasteiger partial charge on any atom is 0.251 e. The number of rotatable bonds is 3. The topological polar surface area (TPSA) is 71.3 Å². The van der Waals surface area contributed by atoms with Gasteiger partial charge in [-0.05, 0) is 44.2 Å². The average molecular weight is 330 g/mol. The fourth-order valence-corrected chi connectivity index (χ4v) is 3.34. The van der Waals surface area contributed by atoms with E-state index in [1.165, 1.54) is 0 Å². The van der Waals surface area contributed by atoms with Crippen molar-refractivity contribution < 1.29 is 14.0 Å². The lowest BCUT2D eigenvalue weighted by molar-refractivity contribution is -0.115. The summed E-state index contributed by atoms with van der Waals surface area (Å²) < 4.78 is 5.53. The molecular weight excluding hydrogens is 312 g/mol. The van der Waals surface area contributed by atoms with Crippen molar-refractivity contribution in [2.75, 3.05) is 11.1 Å². The summed E-state index contributed by atoms with van der Waals surface area (Å²) in [7, 11) is 0. The summed E-state index contributed by atoms with van der Waals surface area (Å²) in [5, 5.41) is 5.75. The number of fused-ring (bicyclic) bond motifs is 1. The van der Waals surface area contributed by atoms with E-state index in [2.05, 4.69) is 10.6 Å². The predicted molar refractivity (Wildman–Crippen MR) is 89.7 cm³/mol. The maximum absolute atomic E-state index is 12.4. The number of anilines is 1. The number of thioether (sulfide) groups is 1. The van der Waals surface area contributed by atoms with Gasteiger partial charge >= 0.3 is 0 Å². The molecule has 6 heteroatoms. The van der Waals surface area contributed by atoms with E-state index < -0.39 is 0 Å². The molecule has 1 atom stereocenters. The molecule has 2 amide bonds. The Labute approximate surface area is 138 Å². The second-order valence-electron chi connectivity index (χ2n) is 5.50. The van der Waals surface area contributed by atoms with Crippen LogP contribution >= 0.6 is 11.8 Å². The zero-order valence-electron chi connectivity index (χ0n) is 13.0. The van der Waals surface area contributed by atoms with E-state index in [9.17, 15) is 9.59 Å². The lowest BCUT2D eigenvalue weighted by atomic mass is 10.1. The Balaban J connectivity index is 1.76. The SMILES string of the molecule is Cc1ccc([C@H](C)NC(=O)c2ccc3c(c2)NC(=O)CCS3)o1. The van der Waals surface area contributed by atoms with Crippen molar-refractivity contribution in [3.63, 3.8) is 0 Å². The van der Waals surface area contributed by atoms with Crippen molar-refractivity contribution in [1.82, 2.24) is 5.32 Å². The lowest BCUT2D eigenvalue weighted by Gasteiger charge is -2.13. The number of amides is 2. The standard InChI is InChI=1S/C17H18N2O3S/c1-10-3-5-14(22-10)11(2)18-17(21)12-4-6-15-13(9-12)19-16(20)7-8-23-15/h3-6,9,11H,7-8H2,1-2H3,(H,18,21)(H,19,20)/t11-/m0/s1. The Bertz CT molecular complexity index is 754. The number of benzene rings is 1. The van der Waals surface area contributed by atoms with Gasteiger partial charge in [-0.1, -0.05) is 0 Å². The molecule has 0 fully saturated rings. The third kappa shape index (κ3) is 3.59. The number of hydrogen-bond donors (Lipinski definition) is 2. The van der Waals surface area contributed by atoms with E-state index in [1.54, 1.807) is 23.9 Å². The summed E-state index contributed by atoms with van der Waals surface area (Å²) in [6.45, 7) is 3.74. The molecule has 1 aromatic heterocycles. The lowest BCUT2D eigenvalue weighted by Crippen LogP contribution is -2.26. The molecule has 120 valence electrons. The van der Waals surface area contributed by atoms with Crippen LogP contribution in [-0.4, -0.2) is 17.6 Å². The van der Waals surface area contributed by atoms with Crippen LogP contribution in [0.3, 0.4) is 0 Å². The van der Waals surface area contributed by atoms with Crippen LogP contribution in [0.4, 0.5) is 5.69 Å². The van der Waals surface area contributed by atoms with Crippen molar-refractivity contribution in [2.24, 2.45) is 0 Å². The van der Waals surface area contributed by atoms with Crippen LogP contribution in [0.15, 0.2) is 39.6 Å². The molecule has 1 aromatic carbocycles. The average Bonchev–Trinajstić information content (AvgIpc) is 2.86. The molecule has 0 saturated heterocycles. The van der Waals surface area contributed by atoms with E-state index >= 15 is 0 Å². The number of hydrogen-bond acceptors (Lipinski definition) is 4. The first kappa shape index (κ1) is 15.7. The molecule has 2 heterocycles. The fraction of sp³-hybridized carbons (Fsp3) is 0.294. The van der Waals surface area contributed by atoms with Crippen molar-refractivity contribution >= 4 is 29.3 Å². The van der Waals surface area contributed by atoms with Gasteiger partial charge in [0.25, 0.3) is 5.91 Å². The molecule has 23 heavy (non-hydrogen) atoms. The molecular formula is C17H18N2O3S. The molecule has 3 rings (SSSR count). The highest BCUT2D eigenvalue weighted by atomic mass is 32.2. The van der Waals surface area contributed by atoms with Crippen molar-refractivity contribution in [2.45, 2.75) is 31.2 Å². The molecule has 1 aliphatic rings. The molecule has 0 bridgehead atoms. The zero-order chi connectivity index (χ0) is 16.4. The van der Waals surface area contributed by atoms with E-state index in [0.29, 0.717) is 17.7 Å². The van der Waals surface area contributed by atoms with Crippen LogP contribution in [-0.2, 0) is 4.79 Å². The van der Waals surface area contributed by atoms with Gasteiger partial charge in [0.1, 0.15) is 11.5 Å². The van der Waals surface area contributed by atoms with Crippen molar-refractivity contribution in [1.29, 1.82) is 0 Å². The van der Waals surface area contributed by atoms with Gasteiger partial charge in [0.15, 0.2) is 0 Å². The van der Waals surface area contributed by atoms with E-state index in [4.69, 9.17) is 4.42 Å². The second kappa shape index (κ2) is 6.50. The fourth-order valence-electron chi connectivity index (χ4n) is 2.40. The number of furan rings is 1. The Hall–Kier alpha value is -2.21. The quantitative estimate of drug-likeness (QED) is 0.903.